The number of rotatable bonds is 3. The minimum absolute atomic E-state index is 0.170. The van der Waals surface area contributed by atoms with Gasteiger partial charge >= 0.3 is 0 Å². The lowest BCUT2D eigenvalue weighted by Crippen LogP contribution is -2.44. The zero-order valence-electron chi connectivity index (χ0n) is 9.86. The molecule has 0 bridgehead atoms. The summed E-state index contributed by atoms with van der Waals surface area (Å²) in [6.07, 6.45) is 0.971. The number of carbonyl (C=O) groups is 1. The molecule has 1 aliphatic heterocycles. The van der Waals surface area contributed by atoms with Crippen molar-refractivity contribution in [2.24, 2.45) is 0 Å². The first-order valence-electron chi connectivity index (χ1n) is 5.77. The lowest BCUT2D eigenvalue weighted by atomic mass is 9.99. The van der Waals surface area contributed by atoms with Gasteiger partial charge in [0.05, 0.1) is 0 Å². The van der Waals surface area contributed by atoms with Crippen molar-refractivity contribution < 1.29 is 4.79 Å². The van der Waals surface area contributed by atoms with Crippen molar-refractivity contribution in [2.45, 2.75) is 19.4 Å². The van der Waals surface area contributed by atoms with Gasteiger partial charge in [-0.1, -0.05) is 18.2 Å². The smallest absolute Gasteiger partial charge is 0.254 e. The maximum atomic E-state index is 12.2. The predicted molar refractivity (Wildman–Crippen MR) is 64.6 cm³/mol. The molecule has 3 nitrogen and oxygen atoms in total. The van der Waals surface area contributed by atoms with Crippen LogP contribution >= 0.6 is 0 Å². The largest absolute Gasteiger partial charge is 0.337 e. The molecule has 1 aliphatic rings. The molecule has 0 aliphatic carbocycles. The van der Waals surface area contributed by atoms with Crippen LogP contribution in [0.5, 0.6) is 0 Å². The van der Waals surface area contributed by atoms with Crippen LogP contribution in [-0.2, 0) is 6.42 Å². The molecule has 0 saturated carbocycles. The Bertz CT molecular complexity index is 389. The lowest BCUT2D eigenvalue weighted by Gasteiger charge is -2.30. The number of carbonyl (C=O) groups excluding carboxylic acids is 1. The first kappa shape index (κ1) is 11.1. The maximum absolute atomic E-state index is 12.2. The number of likely N-dealkylation sites (N-methyl/N-ethyl adjacent to an activating group) is 1. The molecule has 1 atom stereocenters. The standard InChI is InChI=1S/C13H18N2O/c1-10(14-2)9-15-8-7-11-5-3-4-6-12(11)13(15)16/h3-6,10,14H,7-9H2,1-2H3. The lowest BCUT2D eigenvalue weighted by molar-refractivity contribution is 0.0727. The quantitative estimate of drug-likeness (QED) is 0.829. The third-order valence-electron chi connectivity index (χ3n) is 3.17. The normalized spacial score (nSPS) is 17.1. The van der Waals surface area contributed by atoms with Gasteiger partial charge in [0.25, 0.3) is 5.91 Å². The van der Waals surface area contributed by atoms with Crippen LogP contribution in [0.25, 0.3) is 0 Å². The zero-order valence-corrected chi connectivity index (χ0v) is 9.86. The Morgan fingerprint density at radius 2 is 2.19 bits per heavy atom. The van der Waals surface area contributed by atoms with Gasteiger partial charge in [0.2, 0.25) is 0 Å². The number of benzene rings is 1. The highest BCUT2D eigenvalue weighted by atomic mass is 16.2. The Labute approximate surface area is 96.5 Å². The van der Waals surface area contributed by atoms with E-state index in [4.69, 9.17) is 0 Å². The van der Waals surface area contributed by atoms with Crippen LogP contribution in [0.3, 0.4) is 0 Å². The van der Waals surface area contributed by atoms with Crippen molar-refractivity contribution in [2.75, 3.05) is 20.1 Å². The minimum Gasteiger partial charge on any atom is -0.337 e. The maximum Gasteiger partial charge on any atom is 0.254 e. The Morgan fingerprint density at radius 3 is 2.94 bits per heavy atom. The summed E-state index contributed by atoms with van der Waals surface area (Å²) in [5, 5.41) is 3.16. The van der Waals surface area contributed by atoms with E-state index in [-0.39, 0.29) is 5.91 Å². The predicted octanol–water partition coefficient (Wildman–Crippen LogP) is 1.29. The summed E-state index contributed by atoms with van der Waals surface area (Å²) in [6.45, 7) is 3.71. The fourth-order valence-electron chi connectivity index (χ4n) is 2.07. The van der Waals surface area contributed by atoms with E-state index < -0.39 is 0 Å². The highest BCUT2D eigenvalue weighted by Crippen LogP contribution is 2.18. The van der Waals surface area contributed by atoms with E-state index in [1.165, 1.54) is 5.56 Å². The molecule has 1 aromatic rings. The van der Waals surface area contributed by atoms with Crippen molar-refractivity contribution >= 4 is 5.91 Å². The number of nitrogens with zero attached hydrogens (tertiary/aromatic N) is 1. The van der Waals surface area contributed by atoms with Crippen molar-refractivity contribution in [3.05, 3.63) is 35.4 Å². The average molecular weight is 218 g/mol. The van der Waals surface area contributed by atoms with Crippen LogP contribution in [0.1, 0.15) is 22.8 Å². The summed E-state index contributed by atoms with van der Waals surface area (Å²) < 4.78 is 0. The summed E-state index contributed by atoms with van der Waals surface area (Å²) in [4.78, 5) is 14.1. The van der Waals surface area contributed by atoms with E-state index in [1.54, 1.807) is 0 Å². The first-order chi connectivity index (χ1) is 7.72. The summed E-state index contributed by atoms with van der Waals surface area (Å²) in [5.41, 5.74) is 2.05. The van der Waals surface area contributed by atoms with Crippen LogP contribution < -0.4 is 5.32 Å². The highest BCUT2D eigenvalue weighted by molar-refractivity contribution is 5.96. The number of hydrogen-bond acceptors (Lipinski definition) is 2. The SMILES string of the molecule is CNC(C)CN1CCc2ccccc2C1=O. The summed E-state index contributed by atoms with van der Waals surface area (Å²) >= 11 is 0. The average Bonchev–Trinajstić information content (AvgIpc) is 2.33. The summed E-state index contributed by atoms with van der Waals surface area (Å²) in [7, 11) is 1.92. The highest BCUT2D eigenvalue weighted by Gasteiger charge is 2.24. The third-order valence-corrected chi connectivity index (χ3v) is 3.17. The Morgan fingerprint density at radius 1 is 1.44 bits per heavy atom. The zero-order chi connectivity index (χ0) is 11.5. The topological polar surface area (TPSA) is 32.3 Å². The molecule has 16 heavy (non-hydrogen) atoms. The Balaban J connectivity index is 2.15. The molecule has 1 aromatic carbocycles. The molecule has 86 valence electrons. The monoisotopic (exact) mass is 218 g/mol. The fraction of sp³-hybridized carbons (Fsp3) is 0.462. The molecule has 0 spiro atoms. The van der Waals surface area contributed by atoms with E-state index >= 15 is 0 Å². The molecular formula is C13H18N2O. The Kier molecular flexibility index (Phi) is 3.25. The van der Waals surface area contributed by atoms with Crippen LogP contribution in [0, 0.1) is 0 Å². The van der Waals surface area contributed by atoms with Gasteiger partial charge in [0, 0.05) is 24.7 Å². The number of hydrogen-bond donors (Lipinski definition) is 1. The van der Waals surface area contributed by atoms with E-state index in [0.717, 1.165) is 25.1 Å². The van der Waals surface area contributed by atoms with Crippen LogP contribution in [0.4, 0.5) is 0 Å². The molecule has 1 heterocycles. The molecule has 1 amide bonds. The molecule has 0 aromatic heterocycles. The van der Waals surface area contributed by atoms with Gasteiger partial charge in [-0.15, -0.1) is 0 Å². The molecule has 0 radical (unpaired) electrons. The van der Waals surface area contributed by atoms with Crippen molar-refractivity contribution in [1.29, 1.82) is 0 Å². The van der Waals surface area contributed by atoms with Gasteiger partial charge in [-0.05, 0) is 32.0 Å². The van der Waals surface area contributed by atoms with Crippen LogP contribution in [0.2, 0.25) is 0 Å². The van der Waals surface area contributed by atoms with Crippen LogP contribution in [0.15, 0.2) is 24.3 Å². The molecular weight excluding hydrogens is 200 g/mol. The van der Waals surface area contributed by atoms with Gasteiger partial charge in [-0.25, -0.2) is 0 Å². The molecule has 3 heteroatoms. The van der Waals surface area contributed by atoms with Crippen molar-refractivity contribution in [3.63, 3.8) is 0 Å². The number of amides is 1. The fourth-order valence-corrected chi connectivity index (χ4v) is 2.07. The van der Waals surface area contributed by atoms with Gasteiger partial charge in [0.1, 0.15) is 0 Å². The third kappa shape index (κ3) is 2.09. The van der Waals surface area contributed by atoms with Gasteiger partial charge in [-0.2, -0.15) is 0 Å². The van der Waals surface area contributed by atoms with Crippen LogP contribution in [-0.4, -0.2) is 37.0 Å². The Hall–Kier alpha value is -1.35. The van der Waals surface area contributed by atoms with Gasteiger partial charge < -0.3 is 10.2 Å². The molecule has 0 fully saturated rings. The second kappa shape index (κ2) is 4.66. The summed E-state index contributed by atoms with van der Waals surface area (Å²) in [5.74, 6) is 0.170. The molecule has 1 N–H and O–H groups in total. The minimum atomic E-state index is 0.170. The van der Waals surface area contributed by atoms with E-state index in [9.17, 15) is 4.79 Å². The van der Waals surface area contributed by atoms with Crippen molar-refractivity contribution in [3.8, 4) is 0 Å². The second-order valence-electron chi connectivity index (χ2n) is 4.35. The molecule has 1 unspecified atom stereocenters. The number of nitrogens with one attached hydrogen (secondary N) is 1. The molecule has 0 saturated heterocycles. The number of fused-ring (bicyclic) bond motifs is 1. The summed E-state index contributed by atoms with van der Waals surface area (Å²) in [6, 6.07) is 8.24. The second-order valence-corrected chi connectivity index (χ2v) is 4.35. The van der Waals surface area contributed by atoms with E-state index in [2.05, 4.69) is 12.2 Å². The first-order valence-corrected chi connectivity index (χ1v) is 5.77. The van der Waals surface area contributed by atoms with Gasteiger partial charge in [-0.3, -0.25) is 4.79 Å². The van der Waals surface area contributed by atoms with E-state index in [0.29, 0.717) is 6.04 Å². The van der Waals surface area contributed by atoms with E-state index in [1.807, 2.05) is 36.2 Å². The molecule has 2 rings (SSSR count). The van der Waals surface area contributed by atoms with Crippen molar-refractivity contribution in [1.82, 2.24) is 10.2 Å². The van der Waals surface area contributed by atoms with Gasteiger partial charge in [0.15, 0.2) is 0 Å².